The van der Waals surface area contributed by atoms with Crippen LogP contribution in [-0.2, 0) is 11.2 Å². The molecule has 0 spiro atoms. The Morgan fingerprint density at radius 3 is 3.00 bits per heavy atom. The van der Waals surface area contributed by atoms with E-state index in [9.17, 15) is 4.79 Å². The van der Waals surface area contributed by atoms with E-state index in [0.717, 1.165) is 23.1 Å². The minimum Gasteiger partial charge on any atom is -0.480 e. The van der Waals surface area contributed by atoms with E-state index in [1.807, 2.05) is 24.0 Å². The van der Waals surface area contributed by atoms with Gasteiger partial charge in [-0.1, -0.05) is 15.9 Å². The molecule has 0 aliphatic carbocycles. The first kappa shape index (κ1) is 11.5. The van der Waals surface area contributed by atoms with E-state index < -0.39 is 5.97 Å². The fourth-order valence-electron chi connectivity index (χ4n) is 2.30. The standard InChI is InChI=1S/C12H14BrNO2/c1-2-14-10-6-4-9(13)7-8(10)3-5-11(14)12(15)16/h4,6-7,11H,2-3,5H2,1H3,(H,15,16). The molecule has 86 valence electrons. The Bertz CT molecular complexity index is 419. The first-order valence-corrected chi connectivity index (χ1v) is 6.20. The SMILES string of the molecule is CCN1c2ccc(Br)cc2CCC1C(=O)O. The van der Waals surface area contributed by atoms with Gasteiger partial charge in [0, 0.05) is 16.7 Å². The maximum absolute atomic E-state index is 11.1. The van der Waals surface area contributed by atoms with Crippen molar-refractivity contribution >= 4 is 27.6 Å². The van der Waals surface area contributed by atoms with E-state index in [0.29, 0.717) is 6.42 Å². The summed E-state index contributed by atoms with van der Waals surface area (Å²) in [6, 6.07) is 5.67. The summed E-state index contributed by atoms with van der Waals surface area (Å²) in [6.45, 7) is 2.72. The van der Waals surface area contributed by atoms with Crippen molar-refractivity contribution in [2.24, 2.45) is 0 Å². The van der Waals surface area contributed by atoms with E-state index in [1.165, 1.54) is 5.56 Å². The summed E-state index contributed by atoms with van der Waals surface area (Å²) in [7, 11) is 0. The second-order valence-electron chi connectivity index (χ2n) is 3.95. The molecule has 0 fully saturated rings. The Kier molecular flexibility index (Phi) is 3.19. The van der Waals surface area contributed by atoms with Crippen molar-refractivity contribution in [2.45, 2.75) is 25.8 Å². The predicted octanol–water partition coefficient (Wildman–Crippen LogP) is 2.67. The third-order valence-corrected chi connectivity index (χ3v) is 3.53. The predicted molar refractivity (Wildman–Crippen MR) is 66.9 cm³/mol. The fourth-order valence-corrected chi connectivity index (χ4v) is 2.71. The number of likely N-dealkylation sites (N-methyl/N-ethyl adjacent to an activating group) is 1. The van der Waals surface area contributed by atoms with Crippen molar-refractivity contribution in [3.63, 3.8) is 0 Å². The number of carbonyl (C=O) groups is 1. The molecule has 0 amide bonds. The normalized spacial score (nSPS) is 19.4. The van der Waals surface area contributed by atoms with Crippen LogP contribution in [0.5, 0.6) is 0 Å². The molecule has 4 heteroatoms. The smallest absolute Gasteiger partial charge is 0.326 e. The lowest BCUT2D eigenvalue weighted by molar-refractivity contribution is -0.138. The highest BCUT2D eigenvalue weighted by molar-refractivity contribution is 9.10. The average molecular weight is 284 g/mol. The van der Waals surface area contributed by atoms with E-state index in [4.69, 9.17) is 5.11 Å². The van der Waals surface area contributed by atoms with Crippen molar-refractivity contribution in [1.82, 2.24) is 0 Å². The van der Waals surface area contributed by atoms with Crippen molar-refractivity contribution in [2.75, 3.05) is 11.4 Å². The Balaban J connectivity index is 2.41. The van der Waals surface area contributed by atoms with Crippen molar-refractivity contribution in [3.05, 3.63) is 28.2 Å². The van der Waals surface area contributed by atoms with Gasteiger partial charge in [-0.05, 0) is 43.5 Å². The summed E-state index contributed by atoms with van der Waals surface area (Å²) in [5.74, 6) is -0.726. The van der Waals surface area contributed by atoms with Crippen LogP contribution in [0.2, 0.25) is 0 Å². The van der Waals surface area contributed by atoms with Crippen LogP contribution in [0.25, 0.3) is 0 Å². The zero-order valence-electron chi connectivity index (χ0n) is 9.11. The zero-order chi connectivity index (χ0) is 11.7. The minimum atomic E-state index is -0.726. The number of fused-ring (bicyclic) bond motifs is 1. The number of hydrogen-bond donors (Lipinski definition) is 1. The van der Waals surface area contributed by atoms with Crippen molar-refractivity contribution in [3.8, 4) is 0 Å². The first-order valence-electron chi connectivity index (χ1n) is 5.41. The van der Waals surface area contributed by atoms with Gasteiger partial charge in [-0.3, -0.25) is 0 Å². The van der Waals surface area contributed by atoms with Crippen LogP contribution in [0.4, 0.5) is 5.69 Å². The third kappa shape index (κ3) is 1.94. The number of hydrogen-bond acceptors (Lipinski definition) is 2. The van der Waals surface area contributed by atoms with Gasteiger partial charge in [-0.2, -0.15) is 0 Å². The summed E-state index contributed by atoms with van der Waals surface area (Å²) in [5, 5.41) is 9.17. The van der Waals surface area contributed by atoms with Crippen LogP contribution in [0.3, 0.4) is 0 Å². The maximum Gasteiger partial charge on any atom is 0.326 e. The number of halogens is 1. The van der Waals surface area contributed by atoms with Gasteiger partial charge in [-0.25, -0.2) is 4.79 Å². The minimum absolute atomic E-state index is 0.376. The van der Waals surface area contributed by atoms with E-state index in [1.54, 1.807) is 0 Å². The highest BCUT2D eigenvalue weighted by atomic mass is 79.9. The molecule has 1 aliphatic rings. The molecule has 16 heavy (non-hydrogen) atoms. The largest absolute Gasteiger partial charge is 0.480 e. The molecule has 1 aromatic rings. The molecule has 2 rings (SSSR count). The topological polar surface area (TPSA) is 40.5 Å². The molecule has 1 atom stereocenters. The van der Waals surface area contributed by atoms with Gasteiger partial charge in [0.2, 0.25) is 0 Å². The van der Waals surface area contributed by atoms with Crippen molar-refractivity contribution in [1.29, 1.82) is 0 Å². The van der Waals surface area contributed by atoms with E-state index in [2.05, 4.69) is 22.0 Å². The van der Waals surface area contributed by atoms with Gasteiger partial charge in [0.05, 0.1) is 0 Å². The monoisotopic (exact) mass is 283 g/mol. The molecule has 0 bridgehead atoms. The molecule has 1 heterocycles. The lowest BCUT2D eigenvalue weighted by atomic mass is 9.96. The number of carboxylic acids is 1. The van der Waals surface area contributed by atoms with Crippen LogP contribution < -0.4 is 4.90 Å². The van der Waals surface area contributed by atoms with Gasteiger partial charge in [0.1, 0.15) is 6.04 Å². The van der Waals surface area contributed by atoms with Crippen molar-refractivity contribution < 1.29 is 9.90 Å². The molecule has 3 nitrogen and oxygen atoms in total. The summed E-state index contributed by atoms with van der Waals surface area (Å²) in [6.07, 6.45) is 1.52. The van der Waals surface area contributed by atoms with Crippen LogP contribution >= 0.6 is 15.9 Å². The number of aryl methyl sites for hydroxylation is 1. The van der Waals surface area contributed by atoms with Crippen LogP contribution in [0.15, 0.2) is 22.7 Å². The van der Waals surface area contributed by atoms with E-state index in [-0.39, 0.29) is 6.04 Å². The number of rotatable bonds is 2. The number of nitrogens with zero attached hydrogens (tertiary/aromatic N) is 1. The molecular formula is C12H14BrNO2. The molecule has 0 saturated carbocycles. The Morgan fingerprint density at radius 2 is 2.38 bits per heavy atom. The first-order chi connectivity index (χ1) is 7.63. The summed E-state index contributed by atoms with van der Waals surface area (Å²) < 4.78 is 1.05. The zero-order valence-corrected chi connectivity index (χ0v) is 10.7. The molecule has 1 aliphatic heterocycles. The molecule has 1 aromatic carbocycles. The summed E-state index contributed by atoms with van der Waals surface area (Å²) in [4.78, 5) is 13.1. The van der Waals surface area contributed by atoms with E-state index >= 15 is 0 Å². The quantitative estimate of drug-likeness (QED) is 0.907. The van der Waals surface area contributed by atoms with Gasteiger partial charge < -0.3 is 10.0 Å². The lowest BCUT2D eigenvalue weighted by Gasteiger charge is -2.35. The Hall–Kier alpha value is -1.03. The molecular weight excluding hydrogens is 270 g/mol. The summed E-state index contributed by atoms with van der Waals surface area (Å²) >= 11 is 3.44. The number of carboxylic acid groups (broad SMARTS) is 1. The van der Waals surface area contributed by atoms with Gasteiger partial charge in [0.25, 0.3) is 0 Å². The van der Waals surface area contributed by atoms with Crippen LogP contribution in [0.1, 0.15) is 18.9 Å². The fraction of sp³-hybridized carbons (Fsp3) is 0.417. The third-order valence-electron chi connectivity index (χ3n) is 3.04. The number of benzene rings is 1. The molecule has 1 unspecified atom stereocenters. The molecule has 0 radical (unpaired) electrons. The molecule has 1 N–H and O–H groups in total. The second-order valence-corrected chi connectivity index (χ2v) is 4.87. The molecule has 0 saturated heterocycles. The second kappa shape index (κ2) is 4.45. The van der Waals surface area contributed by atoms with Crippen LogP contribution in [0, 0.1) is 0 Å². The van der Waals surface area contributed by atoms with Gasteiger partial charge in [-0.15, -0.1) is 0 Å². The highest BCUT2D eigenvalue weighted by Crippen LogP contribution is 2.32. The number of aliphatic carboxylic acids is 1. The Labute approximate surface area is 103 Å². The Morgan fingerprint density at radius 1 is 1.62 bits per heavy atom. The summed E-state index contributed by atoms with van der Waals surface area (Å²) in [5.41, 5.74) is 2.29. The number of anilines is 1. The lowest BCUT2D eigenvalue weighted by Crippen LogP contribution is -2.44. The van der Waals surface area contributed by atoms with Gasteiger partial charge in [0.15, 0.2) is 0 Å². The molecule has 0 aromatic heterocycles. The highest BCUT2D eigenvalue weighted by Gasteiger charge is 2.30. The van der Waals surface area contributed by atoms with Gasteiger partial charge >= 0.3 is 5.97 Å². The maximum atomic E-state index is 11.1. The van der Waals surface area contributed by atoms with Crippen LogP contribution in [-0.4, -0.2) is 23.7 Å². The average Bonchev–Trinajstić information content (AvgIpc) is 2.26.